The highest BCUT2D eigenvalue weighted by atomic mass is 14.9. The maximum atomic E-state index is 9.45. The van der Waals surface area contributed by atoms with Gasteiger partial charge in [0, 0.05) is 5.69 Å². The number of benzene rings is 2. The molecular weight excluding hydrogens is 232 g/mol. The Bertz CT molecular complexity index is 594. The van der Waals surface area contributed by atoms with Crippen LogP contribution in [-0.4, -0.2) is 0 Å². The minimum absolute atomic E-state index is 0.279. The third kappa shape index (κ3) is 2.61. The second-order valence-electron chi connectivity index (χ2n) is 4.98. The van der Waals surface area contributed by atoms with E-state index >= 15 is 0 Å². The van der Waals surface area contributed by atoms with Crippen molar-refractivity contribution in [2.75, 3.05) is 5.32 Å². The lowest BCUT2D eigenvalue weighted by molar-refractivity contribution is 0.949. The minimum atomic E-state index is -0.279. The van der Waals surface area contributed by atoms with Crippen molar-refractivity contribution in [3.8, 4) is 6.07 Å². The number of para-hydroxylation sites is 1. The highest BCUT2D eigenvalue weighted by molar-refractivity contribution is 5.49. The normalized spacial score (nSPS) is 15.5. The van der Waals surface area contributed by atoms with Crippen molar-refractivity contribution in [3.63, 3.8) is 0 Å². The molecule has 2 aromatic rings. The molecule has 0 spiro atoms. The number of nitrogens with one attached hydrogen (secondary N) is 1. The van der Waals surface area contributed by atoms with Crippen LogP contribution in [0.5, 0.6) is 0 Å². The van der Waals surface area contributed by atoms with Gasteiger partial charge in [-0.3, -0.25) is 0 Å². The molecule has 0 aliphatic heterocycles. The number of hydrogen-bond acceptors (Lipinski definition) is 2. The summed E-state index contributed by atoms with van der Waals surface area (Å²) < 4.78 is 0. The zero-order chi connectivity index (χ0) is 13.1. The Labute approximate surface area is 113 Å². The van der Waals surface area contributed by atoms with Crippen LogP contribution in [0.2, 0.25) is 0 Å². The molecule has 1 unspecified atom stereocenters. The molecule has 1 fully saturated rings. The second-order valence-corrected chi connectivity index (χ2v) is 4.98. The summed E-state index contributed by atoms with van der Waals surface area (Å²) in [7, 11) is 0. The van der Waals surface area contributed by atoms with Crippen molar-refractivity contribution < 1.29 is 0 Å². The van der Waals surface area contributed by atoms with Crippen LogP contribution in [0.1, 0.15) is 35.9 Å². The average Bonchev–Trinajstić information content (AvgIpc) is 3.30. The molecule has 1 N–H and O–H groups in total. The molecule has 0 amide bonds. The first kappa shape index (κ1) is 11.8. The summed E-state index contributed by atoms with van der Waals surface area (Å²) in [6.07, 6.45) is 2.50. The standard InChI is InChI=1S/C17H16N2/c18-12-17(19-14-6-2-1-3-7-14)16-9-5-4-8-15(16)13-10-11-13/h1-9,13,17,19H,10-11H2. The summed E-state index contributed by atoms with van der Waals surface area (Å²) in [6.45, 7) is 0. The van der Waals surface area contributed by atoms with Crippen LogP contribution in [0.25, 0.3) is 0 Å². The Morgan fingerprint density at radius 3 is 2.37 bits per heavy atom. The van der Waals surface area contributed by atoms with Crippen LogP contribution < -0.4 is 5.32 Å². The van der Waals surface area contributed by atoms with Gasteiger partial charge in [-0.1, -0.05) is 42.5 Å². The molecule has 2 nitrogen and oxygen atoms in total. The predicted octanol–water partition coefficient (Wildman–Crippen LogP) is 4.24. The van der Waals surface area contributed by atoms with E-state index in [1.807, 2.05) is 36.4 Å². The van der Waals surface area contributed by atoms with Gasteiger partial charge in [0.25, 0.3) is 0 Å². The van der Waals surface area contributed by atoms with E-state index in [1.165, 1.54) is 18.4 Å². The molecule has 1 atom stereocenters. The van der Waals surface area contributed by atoms with Gasteiger partial charge in [-0.05, 0) is 42.0 Å². The molecule has 19 heavy (non-hydrogen) atoms. The Balaban J connectivity index is 1.89. The maximum absolute atomic E-state index is 9.45. The molecule has 0 saturated heterocycles. The van der Waals surface area contributed by atoms with E-state index in [9.17, 15) is 5.26 Å². The lowest BCUT2D eigenvalue weighted by atomic mass is 9.97. The van der Waals surface area contributed by atoms with Crippen LogP contribution in [0.3, 0.4) is 0 Å². The van der Waals surface area contributed by atoms with Gasteiger partial charge < -0.3 is 5.32 Å². The van der Waals surface area contributed by atoms with Gasteiger partial charge in [-0.15, -0.1) is 0 Å². The number of nitrogens with zero attached hydrogens (tertiary/aromatic N) is 1. The van der Waals surface area contributed by atoms with E-state index in [-0.39, 0.29) is 6.04 Å². The van der Waals surface area contributed by atoms with E-state index in [0.717, 1.165) is 11.3 Å². The summed E-state index contributed by atoms with van der Waals surface area (Å²) in [5.74, 6) is 0.657. The topological polar surface area (TPSA) is 35.8 Å². The summed E-state index contributed by atoms with van der Waals surface area (Å²) in [5, 5.41) is 12.8. The van der Waals surface area contributed by atoms with Crippen LogP contribution in [0.4, 0.5) is 5.69 Å². The molecule has 94 valence electrons. The van der Waals surface area contributed by atoms with Crippen LogP contribution >= 0.6 is 0 Å². The number of nitriles is 1. The van der Waals surface area contributed by atoms with Crippen molar-refractivity contribution in [2.24, 2.45) is 0 Å². The fourth-order valence-corrected chi connectivity index (χ4v) is 2.42. The summed E-state index contributed by atoms with van der Waals surface area (Å²) in [6, 6.07) is 20.3. The van der Waals surface area contributed by atoms with Crippen molar-refractivity contribution in [1.29, 1.82) is 5.26 Å². The summed E-state index contributed by atoms with van der Waals surface area (Å²) in [5.41, 5.74) is 3.44. The number of anilines is 1. The lowest BCUT2D eigenvalue weighted by Gasteiger charge is -2.16. The Hall–Kier alpha value is -2.27. The molecular formula is C17H16N2. The van der Waals surface area contributed by atoms with Crippen molar-refractivity contribution in [3.05, 3.63) is 65.7 Å². The average molecular weight is 248 g/mol. The summed E-state index contributed by atoms with van der Waals surface area (Å²) in [4.78, 5) is 0. The molecule has 0 bridgehead atoms. The molecule has 1 aliphatic carbocycles. The first-order chi connectivity index (χ1) is 9.38. The van der Waals surface area contributed by atoms with Gasteiger partial charge in [0.15, 0.2) is 0 Å². The Morgan fingerprint density at radius 2 is 1.68 bits per heavy atom. The van der Waals surface area contributed by atoms with Gasteiger partial charge in [0.2, 0.25) is 0 Å². The van der Waals surface area contributed by atoms with E-state index in [1.54, 1.807) is 0 Å². The highest BCUT2D eigenvalue weighted by Gasteiger charge is 2.28. The van der Waals surface area contributed by atoms with Gasteiger partial charge in [-0.25, -0.2) is 0 Å². The highest BCUT2D eigenvalue weighted by Crippen LogP contribution is 2.43. The first-order valence-corrected chi connectivity index (χ1v) is 6.68. The zero-order valence-corrected chi connectivity index (χ0v) is 10.7. The predicted molar refractivity (Wildman–Crippen MR) is 76.8 cm³/mol. The van der Waals surface area contributed by atoms with E-state index in [2.05, 4.69) is 29.6 Å². The Morgan fingerprint density at radius 1 is 1.00 bits per heavy atom. The molecule has 0 heterocycles. The van der Waals surface area contributed by atoms with Crippen LogP contribution in [-0.2, 0) is 0 Å². The van der Waals surface area contributed by atoms with Gasteiger partial charge in [-0.2, -0.15) is 5.26 Å². The summed E-state index contributed by atoms with van der Waals surface area (Å²) >= 11 is 0. The second kappa shape index (κ2) is 5.16. The molecule has 0 radical (unpaired) electrons. The molecule has 2 heteroatoms. The third-order valence-electron chi connectivity index (χ3n) is 3.54. The first-order valence-electron chi connectivity index (χ1n) is 6.68. The fraction of sp³-hybridized carbons (Fsp3) is 0.235. The van der Waals surface area contributed by atoms with Crippen molar-refractivity contribution in [2.45, 2.75) is 24.8 Å². The zero-order valence-electron chi connectivity index (χ0n) is 10.7. The van der Waals surface area contributed by atoms with Gasteiger partial charge in [0.1, 0.15) is 6.04 Å². The minimum Gasteiger partial charge on any atom is -0.366 e. The van der Waals surface area contributed by atoms with Crippen molar-refractivity contribution in [1.82, 2.24) is 0 Å². The SMILES string of the molecule is N#CC(Nc1ccccc1)c1ccccc1C1CC1. The van der Waals surface area contributed by atoms with Crippen LogP contribution in [0, 0.1) is 11.3 Å². The monoisotopic (exact) mass is 248 g/mol. The molecule has 0 aromatic heterocycles. The van der Waals surface area contributed by atoms with Crippen LogP contribution in [0.15, 0.2) is 54.6 Å². The largest absolute Gasteiger partial charge is 0.366 e. The number of rotatable bonds is 4. The van der Waals surface area contributed by atoms with E-state index in [0.29, 0.717) is 5.92 Å². The van der Waals surface area contributed by atoms with Crippen molar-refractivity contribution >= 4 is 5.69 Å². The molecule has 1 aliphatic rings. The fourth-order valence-electron chi connectivity index (χ4n) is 2.42. The molecule has 3 rings (SSSR count). The maximum Gasteiger partial charge on any atom is 0.140 e. The lowest BCUT2D eigenvalue weighted by Crippen LogP contribution is -2.10. The molecule has 2 aromatic carbocycles. The number of hydrogen-bond donors (Lipinski definition) is 1. The van der Waals surface area contributed by atoms with E-state index in [4.69, 9.17) is 0 Å². The quantitative estimate of drug-likeness (QED) is 0.878. The van der Waals surface area contributed by atoms with Gasteiger partial charge in [0.05, 0.1) is 6.07 Å². The molecule has 1 saturated carbocycles. The Kier molecular flexibility index (Phi) is 3.20. The smallest absolute Gasteiger partial charge is 0.140 e. The van der Waals surface area contributed by atoms with E-state index < -0.39 is 0 Å². The third-order valence-corrected chi connectivity index (χ3v) is 3.54. The van der Waals surface area contributed by atoms with Gasteiger partial charge >= 0.3 is 0 Å².